The Bertz CT molecular complexity index is 678. The van der Waals surface area contributed by atoms with Gasteiger partial charge in [-0.1, -0.05) is 6.07 Å². The molecule has 9 heteroatoms. The van der Waals surface area contributed by atoms with E-state index in [-0.39, 0.29) is 29.8 Å². The third-order valence-corrected chi connectivity index (χ3v) is 2.74. The lowest BCUT2D eigenvalue weighted by Crippen LogP contribution is -2.09. The number of halogens is 1. The summed E-state index contributed by atoms with van der Waals surface area (Å²) in [7, 11) is 0. The van der Waals surface area contributed by atoms with Gasteiger partial charge in [0.25, 0.3) is 0 Å². The molecule has 0 bridgehead atoms. The van der Waals surface area contributed by atoms with Crippen LogP contribution in [0.15, 0.2) is 18.3 Å². The minimum atomic E-state index is -0.591. The molecule has 0 aromatic carbocycles. The zero-order valence-electron chi connectivity index (χ0n) is 12.0. The van der Waals surface area contributed by atoms with Crippen LogP contribution in [0.4, 0.5) is 15.9 Å². The highest BCUT2D eigenvalue weighted by molar-refractivity contribution is 5.59. The van der Waals surface area contributed by atoms with E-state index in [0.717, 1.165) is 0 Å². The number of hydrogen-bond acceptors (Lipinski definition) is 7. The van der Waals surface area contributed by atoms with Crippen LogP contribution in [-0.4, -0.2) is 26.5 Å². The van der Waals surface area contributed by atoms with Crippen LogP contribution >= 0.6 is 0 Å². The van der Waals surface area contributed by atoms with Crippen LogP contribution in [0.25, 0.3) is 0 Å². The maximum Gasteiger partial charge on any atom is 0.332 e. The first kappa shape index (κ1) is 15.5. The van der Waals surface area contributed by atoms with Gasteiger partial charge in [-0.3, -0.25) is 10.1 Å². The molecule has 0 fully saturated rings. The average Bonchev–Trinajstić information content (AvgIpc) is 2.46. The van der Waals surface area contributed by atoms with Gasteiger partial charge in [0, 0.05) is 12.7 Å². The van der Waals surface area contributed by atoms with Crippen molar-refractivity contribution in [1.82, 2.24) is 15.0 Å². The van der Waals surface area contributed by atoms with Crippen molar-refractivity contribution in [1.29, 1.82) is 0 Å². The standard InChI is InChI=1S/C13H14FN5O3/c1-3-22-13-17-8(2)11(19(20)21)12(18-13)16-7-9-4-5-10(14)15-6-9/h4-6H,3,7H2,1-2H3,(H,16,17,18). The van der Waals surface area contributed by atoms with Crippen molar-refractivity contribution >= 4 is 11.5 Å². The maximum atomic E-state index is 12.8. The summed E-state index contributed by atoms with van der Waals surface area (Å²) < 4.78 is 17.9. The Morgan fingerprint density at radius 1 is 1.41 bits per heavy atom. The molecule has 0 atom stereocenters. The molecule has 0 aliphatic heterocycles. The summed E-state index contributed by atoms with van der Waals surface area (Å²) in [4.78, 5) is 22.0. The maximum absolute atomic E-state index is 12.8. The molecule has 0 unspecified atom stereocenters. The van der Waals surface area contributed by atoms with Crippen molar-refractivity contribution in [3.63, 3.8) is 0 Å². The van der Waals surface area contributed by atoms with Gasteiger partial charge in [0.05, 0.1) is 11.5 Å². The number of anilines is 1. The zero-order valence-corrected chi connectivity index (χ0v) is 12.0. The summed E-state index contributed by atoms with van der Waals surface area (Å²) in [5, 5.41) is 14.0. The van der Waals surface area contributed by atoms with Crippen LogP contribution in [0.1, 0.15) is 18.2 Å². The lowest BCUT2D eigenvalue weighted by molar-refractivity contribution is -0.385. The van der Waals surface area contributed by atoms with E-state index >= 15 is 0 Å². The largest absolute Gasteiger partial charge is 0.464 e. The summed E-state index contributed by atoms with van der Waals surface area (Å²) in [6.45, 7) is 3.82. The van der Waals surface area contributed by atoms with Crippen molar-refractivity contribution in [3.05, 3.63) is 45.6 Å². The zero-order chi connectivity index (χ0) is 16.1. The molecule has 22 heavy (non-hydrogen) atoms. The second kappa shape index (κ2) is 6.74. The van der Waals surface area contributed by atoms with E-state index in [1.54, 1.807) is 6.92 Å². The first-order valence-electron chi connectivity index (χ1n) is 6.51. The molecule has 1 N–H and O–H groups in total. The predicted molar refractivity (Wildman–Crippen MR) is 76.1 cm³/mol. The molecule has 116 valence electrons. The Morgan fingerprint density at radius 3 is 2.77 bits per heavy atom. The molecule has 0 amide bonds. The molecule has 0 aliphatic carbocycles. The molecule has 8 nitrogen and oxygen atoms in total. The molecule has 2 aromatic heterocycles. The second-order valence-corrected chi connectivity index (χ2v) is 4.32. The lowest BCUT2D eigenvalue weighted by atomic mass is 10.3. The fourth-order valence-corrected chi connectivity index (χ4v) is 1.77. The highest BCUT2D eigenvalue weighted by Gasteiger charge is 2.22. The number of pyridine rings is 1. The van der Waals surface area contributed by atoms with Gasteiger partial charge in [-0.25, -0.2) is 4.98 Å². The first-order chi connectivity index (χ1) is 10.5. The number of rotatable bonds is 6. The van der Waals surface area contributed by atoms with E-state index in [9.17, 15) is 14.5 Å². The van der Waals surface area contributed by atoms with E-state index in [4.69, 9.17) is 4.74 Å². The van der Waals surface area contributed by atoms with Gasteiger partial charge in [-0.05, 0) is 25.5 Å². The quantitative estimate of drug-likeness (QED) is 0.496. The highest BCUT2D eigenvalue weighted by atomic mass is 19.1. The molecule has 2 aromatic rings. The minimum Gasteiger partial charge on any atom is -0.464 e. The molecular formula is C13H14FN5O3. The molecule has 0 spiro atoms. The lowest BCUT2D eigenvalue weighted by Gasteiger charge is -2.09. The SMILES string of the molecule is CCOc1nc(C)c([N+](=O)[O-])c(NCc2ccc(F)nc2)n1. The van der Waals surface area contributed by atoms with E-state index in [1.807, 2.05) is 0 Å². The average molecular weight is 307 g/mol. The van der Waals surface area contributed by atoms with Crippen molar-refractivity contribution in [3.8, 4) is 6.01 Å². The first-order valence-corrected chi connectivity index (χ1v) is 6.51. The number of ether oxygens (including phenoxy) is 1. The van der Waals surface area contributed by atoms with E-state index in [1.165, 1.54) is 25.3 Å². The molecule has 0 saturated heterocycles. The fraction of sp³-hybridized carbons (Fsp3) is 0.308. The summed E-state index contributed by atoms with van der Waals surface area (Å²) in [5.74, 6) is -0.545. The topological polar surface area (TPSA) is 103 Å². The van der Waals surface area contributed by atoms with Crippen LogP contribution in [-0.2, 0) is 6.54 Å². The van der Waals surface area contributed by atoms with Gasteiger partial charge in [0.15, 0.2) is 0 Å². The van der Waals surface area contributed by atoms with Crippen LogP contribution in [0.3, 0.4) is 0 Å². The smallest absolute Gasteiger partial charge is 0.332 e. The number of aryl methyl sites for hydroxylation is 1. The van der Waals surface area contributed by atoms with Crippen LogP contribution in [0.5, 0.6) is 6.01 Å². The summed E-state index contributed by atoms with van der Waals surface area (Å²) >= 11 is 0. The second-order valence-electron chi connectivity index (χ2n) is 4.32. The minimum absolute atomic E-state index is 0.0466. The van der Waals surface area contributed by atoms with Gasteiger partial charge in [0.2, 0.25) is 11.8 Å². The Labute approximate surface area is 125 Å². The summed E-state index contributed by atoms with van der Waals surface area (Å²) in [5.41, 5.74) is 0.631. The molecule has 0 saturated carbocycles. The third kappa shape index (κ3) is 3.62. The van der Waals surface area contributed by atoms with Gasteiger partial charge in [0.1, 0.15) is 5.69 Å². The number of nitro groups is 1. The summed E-state index contributed by atoms with van der Waals surface area (Å²) in [6, 6.07) is 2.80. The third-order valence-electron chi connectivity index (χ3n) is 2.74. The van der Waals surface area contributed by atoms with Gasteiger partial charge >= 0.3 is 11.7 Å². The molecule has 0 radical (unpaired) electrons. The van der Waals surface area contributed by atoms with E-state index < -0.39 is 10.9 Å². The molecule has 2 heterocycles. The van der Waals surface area contributed by atoms with Crippen LogP contribution in [0.2, 0.25) is 0 Å². The normalized spacial score (nSPS) is 10.3. The molecule has 0 aliphatic rings. The van der Waals surface area contributed by atoms with Gasteiger partial charge < -0.3 is 10.1 Å². The fourth-order valence-electron chi connectivity index (χ4n) is 1.77. The Kier molecular flexibility index (Phi) is 4.77. The Hall–Kier alpha value is -2.84. The van der Waals surface area contributed by atoms with Crippen molar-refractivity contribution in [2.75, 3.05) is 11.9 Å². The van der Waals surface area contributed by atoms with Crippen molar-refractivity contribution in [2.45, 2.75) is 20.4 Å². The van der Waals surface area contributed by atoms with E-state index in [0.29, 0.717) is 12.2 Å². The number of nitrogens with one attached hydrogen (secondary N) is 1. The van der Waals surface area contributed by atoms with Crippen molar-refractivity contribution in [2.24, 2.45) is 0 Å². The van der Waals surface area contributed by atoms with Gasteiger partial charge in [-0.2, -0.15) is 14.4 Å². The van der Waals surface area contributed by atoms with Gasteiger partial charge in [-0.15, -0.1) is 0 Å². The van der Waals surface area contributed by atoms with E-state index in [2.05, 4.69) is 20.3 Å². The number of hydrogen-bond donors (Lipinski definition) is 1. The van der Waals surface area contributed by atoms with Crippen LogP contribution < -0.4 is 10.1 Å². The number of nitrogens with zero attached hydrogens (tertiary/aromatic N) is 4. The van der Waals surface area contributed by atoms with Crippen LogP contribution in [0, 0.1) is 23.0 Å². The van der Waals surface area contributed by atoms with Crippen molar-refractivity contribution < 1.29 is 14.1 Å². The monoisotopic (exact) mass is 307 g/mol. The Balaban J connectivity index is 2.27. The summed E-state index contributed by atoms with van der Waals surface area (Å²) in [6.07, 6.45) is 1.34. The number of aromatic nitrogens is 3. The highest BCUT2D eigenvalue weighted by Crippen LogP contribution is 2.27. The molecular weight excluding hydrogens is 293 g/mol. The molecule has 2 rings (SSSR count). The predicted octanol–water partition coefficient (Wildman–Crippen LogP) is 2.24. The Morgan fingerprint density at radius 2 is 2.18 bits per heavy atom.